The first kappa shape index (κ1) is 8.81. The average molecular weight is 190 g/mol. The molecule has 3 nitrogen and oxygen atoms in total. The normalized spacial score (nSPS) is 10.4. The number of carbonyl (C=O) groups is 1. The predicted molar refractivity (Wildman–Crippen MR) is 52.3 cm³/mol. The van der Waals surface area contributed by atoms with Crippen LogP contribution in [0.5, 0.6) is 0 Å². The van der Waals surface area contributed by atoms with Crippen molar-refractivity contribution >= 4 is 16.9 Å². The van der Waals surface area contributed by atoms with Gasteiger partial charge < -0.3 is 9.15 Å². The van der Waals surface area contributed by atoms with Crippen LogP contribution in [0.4, 0.5) is 0 Å². The van der Waals surface area contributed by atoms with Gasteiger partial charge in [0.25, 0.3) is 0 Å². The molecular formula is C11H10O3. The second-order valence-corrected chi connectivity index (χ2v) is 3.09. The number of esters is 1. The van der Waals surface area contributed by atoms with Crippen molar-refractivity contribution in [2.24, 2.45) is 0 Å². The van der Waals surface area contributed by atoms with Gasteiger partial charge in [-0.2, -0.15) is 0 Å². The largest absolute Gasteiger partial charge is 0.465 e. The number of hydrogen-bond donors (Lipinski definition) is 0. The number of carbonyl (C=O) groups excluding carboxylic acids is 1. The standard InChI is InChI=1S/C11H10O3/c1-7-3-4-9(11(12)13-2)10-8(7)5-6-14-10/h3-6H,1-2H3. The molecule has 0 aliphatic heterocycles. The molecule has 0 amide bonds. The van der Waals surface area contributed by atoms with Crippen LogP contribution < -0.4 is 0 Å². The van der Waals surface area contributed by atoms with Crippen molar-refractivity contribution < 1.29 is 13.9 Å². The van der Waals surface area contributed by atoms with Crippen LogP contribution in [0.1, 0.15) is 15.9 Å². The maximum Gasteiger partial charge on any atom is 0.341 e. The highest BCUT2D eigenvalue weighted by atomic mass is 16.5. The molecule has 2 aromatic rings. The fourth-order valence-electron chi connectivity index (χ4n) is 1.47. The molecule has 0 fully saturated rings. The molecule has 0 atom stereocenters. The molecule has 0 spiro atoms. The third-order valence-electron chi connectivity index (χ3n) is 2.24. The Morgan fingerprint density at radius 1 is 1.36 bits per heavy atom. The first-order valence-corrected chi connectivity index (χ1v) is 4.29. The minimum Gasteiger partial charge on any atom is -0.465 e. The minimum absolute atomic E-state index is 0.370. The summed E-state index contributed by atoms with van der Waals surface area (Å²) in [5, 5.41) is 0.952. The van der Waals surface area contributed by atoms with Gasteiger partial charge in [-0.1, -0.05) is 6.07 Å². The van der Waals surface area contributed by atoms with Crippen LogP contribution in [0.25, 0.3) is 11.0 Å². The molecule has 1 aromatic carbocycles. The van der Waals surface area contributed by atoms with Gasteiger partial charge in [0.2, 0.25) is 0 Å². The van der Waals surface area contributed by atoms with Crippen LogP contribution in [0, 0.1) is 6.92 Å². The molecular weight excluding hydrogens is 180 g/mol. The van der Waals surface area contributed by atoms with Gasteiger partial charge in [-0.3, -0.25) is 0 Å². The zero-order valence-electron chi connectivity index (χ0n) is 8.03. The Bertz CT molecular complexity index is 482. The molecule has 3 heteroatoms. The number of methoxy groups -OCH3 is 1. The molecule has 0 aliphatic rings. The third kappa shape index (κ3) is 1.18. The van der Waals surface area contributed by atoms with Gasteiger partial charge >= 0.3 is 5.97 Å². The number of furan rings is 1. The van der Waals surface area contributed by atoms with E-state index in [0.717, 1.165) is 10.9 Å². The number of benzene rings is 1. The van der Waals surface area contributed by atoms with Crippen molar-refractivity contribution in [1.82, 2.24) is 0 Å². The second-order valence-electron chi connectivity index (χ2n) is 3.09. The molecule has 0 radical (unpaired) electrons. The van der Waals surface area contributed by atoms with Crippen molar-refractivity contribution in [3.8, 4) is 0 Å². The van der Waals surface area contributed by atoms with E-state index in [9.17, 15) is 4.79 Å². The van der Waals surface area contributed by atoms with Crippen molar-refractivity contribution in [1.29, 1.82) is 0 Å². The number of hydrogen-bond acceptors (Lipinski definition) is 3. The van der Waals surface area contributed by atoms with Gasteiger partial charge in [0.1, 0.15) is 11.1 Å². The SMILES string of the molecule is COC(=O)c1ccc(C)c2ccoc12. The zero-order chi connectivity index (χ0) is 10.1. The number of aryl methyl sites for hydroxylation is 1. The lowest BCUT2D eigenvalue weighted by Gasteiger charge is -2.01. The highest BCUT2D eigenvalue weighted by Crippen LogP contribution is 2.23. The summed E-state index contributed by atoms with van der Waals surface area (Å²) in [5.74, 6) is -0.370. The Hall–Kier alpha value is -1.77. The average Bonchev–Trinajstić information content (AvgIpc) is 2.67. The third-order valence-corrected chi connectivity index (χ3v) is 2.24. The first-order valence-electron chi connectivity index (χ1n) is 4.29. The fraction of sp³-hybridized carbons (Fsp3) is 0.182. The molecule has 0 aliphatic carbocycles. The number of fused-ring (bicyclic) bond motifs is 1. The van der Waals surface area contributed by atoms with Crippen LogP contribution in [-0.4, -0.2) is 13.1 Å². The van der Waals surface area contributed by atoms with E-state index in [1.165, 1.54) is 7.11 Å². The van der Waals surface area contributed by atoms with Gasteiger partial charge in [0.05, 0.1) is 13.4 Å². The van der Waals surface area contributed by atoms with E-state index >= 15 is 0 Å². The van der Waals surface area contributed by atoms with E-state index < -0.39 is 0 Å². The van der Waals surface area contributed by atoms with Crippen LogP contribution in [0.15, 0.2) is 28.9 Å². The van der Waals surface area contributed by atoms with Gasteiger partial charge in [-0.25, -0.2) is 4.79 Å². The quantitative estimate of drug-likeness (QED) is 0.648. The summed E-state index contributed by atoms with van der Waals surface area (Å²) >= 11 is 0. The Kier molecular flexibility index (Phi) is 2.00. The smallest absolute Gasteiger partial charge is 0.341 e. The highest BCUT2D eigenvalue weighted by Gasteiger charge is 2.13. The Morgan fingerprint density at radius 3 is 2.86 bits per heavy atom. The Morgan fingerprint density at radius 2 is 2.14 bits per heavy atom. The molecule has 14 heavy (non-hydrogen) atoms. The summed E-state index contributed by atoms with van der Waals surface area (Å²) in [6, 6.07) is 5.44. The Balaban J connectivity index is 2.72. The molecule has 0 bridgehead atoms. The summed E-state index contributed by atoms with van der Waals surface area (Å²) in [7, 11) is 1.36. The van der Waals surface area contributed by atoms with Crippen LogP contribution >= 0.6 is 0 Å². The highest BCUT2D eigenvalue weighted by molar-refractivity contribution is 6.02. The molecule has 0 saturated heterocycles. The molecule has 1 aromatic heterocycles. The molecule has 0 N–H and O–H groups in total. The molecule has 0 saturated carbocycles. The fourth-order valence-corrected chi connectivity index (χ4v) is 1.47. The summed E-state index contributed by atoms with van der Waals surface area (Å²) in [6.07, 6.45) is 1.57. The summed E-state index contributed by atoms with van der Waals surface area (Å²) in [4.78, 5) is 11.4. The summed E-state index contributed by atoms with van der Waals surface area (Å²) < 4.78 is 9.91. The minimum atomic E-state index is -0.370. The number of rotatable bonds is 1. The van der Waals surface area contributed by atoms with Gasteiger partial charge in [0, 0.05) is 5.39 Å². The lowest BCUT2D eigenvalue weighted by molar-refractivity contribution is 0.0602. The van der Waals surface area contributed by atoms with Gasteiger partial charge in [-0.15, -0.1) is 0 Å². The van der Waals surface area contributed by atoms with Crippen LogP contribution in [0.3, 0.4) is 0 Å². The lowest BCUT2D eigenvalue weighted by Crippen LogP contribution is -2.01. The van der Waals surface area contributed by atoms with E-state index in [4.69, 9.17) is 4.42 Å². The molecule has 0 unspecified atom stereocenters. The zero-order valence-corrected chi connectivity index (χ0v) is 8.03. The van der Waals surface area contributed by atoms with E-state index in [0.29, 0.717) is 11.1 Å². The van der Waals surface area contributed by atoms with Crippen molar-refractivity contribution in [3.63, 3.8) is 0 Å². The maximum atomic E-state index is 11.4. The van der Waals surface area contributed by atoms with Crippen LogP contribution in [-0.2, 0) is 4.74 Å². The monoisotopic (exact) mass is 190 g/mol. The van der Waals surface area contributed by atoms with Gasteiger partial charge in [-0.05, 0) is 24.6 Å². The van der Waals surface area contributed by atoms with Crippen molar-refractivity contribution in [3.05, 3.63) is 35.6 Å². The topological polar surface area (TPSA) is 39.4 Å². The predicted octanol–water partition coefficient (Wildman–Crippen LogP) is 2.53. The van der Waals surface area contributed by atoms with E-state index in [1.807, 2.05) is 19.1 Å². The summed E-state index contributed by atoms with van der Waals surface area (Å²) in [6.45, 7) is 1.97. The Labute approximate surface area is 81.3 Å². The van der Waals surface area contributed by atoms with Crippen molar-refractivity contribution in [2.75, 3.05) is 7.11 Å². The lowest BCUT2D eigenvalue weighted by atomic mass is 10.1. The second kappa shape index (κ2) is 3.18. The van der Waals surface area contributed by atoms with Gasteiger partial charge in [0.15, 0.2) is 0 Å². The van der Waals surface area contributed by atoms with E-state index in [2.05, 4.69) is 4.74 Å². The van der Waals surface area contributed by atoms with E-state index in [-0.39, 0.29) is 5.97 Å². The molecule has 2 rings (SSSR count). The van der Waals surface area contributed by atoms with Crippen LogP contribution in [0.2, 0.25) is 0 Å². The van der Waals surface area contributed by atoms with Crippen molar-refractivity contribution in [2.45, 2.75) is 6.92 Å². The first-order chi connectivity index (χ1) is 6.74. The molecule has 1 heterocycles. The summed E-state index contributed by atoms with van der Waals surface area (Å²) in [5.41, 5.74) is 2.15. The number of ether oxygens (including phenoxy) is 1. The van der Waals surface area contributed by atoms with E-state index in [1.54, 1.807) is 12.3 Å². The molecule has 72 valence electrons. The maximum absolute atomic E-state index is 11.4.